The summed E-state index contributed by atoms with van der Waals surface area (Å²) < 4.78 is 13.2. The van der Waals surface area contributed by atoms with Gasteiger partial charge in [0.15, 0.2) is 5.78 Å². The molecule has 0 unspecified atom stereocenters. The summed E-state index contributed by atoms with van der Waals surface area (Å²) in [6.45, 7) is 4.47. The second-order valence-corrected chi connectivity index (χ2v) is 7.68. The number of nitrogens with zero attached hydrogens (tertiary/aromatic N) is 1. The third-order valence-electron chi connectivity index (χ3n) is 4.64. The first-order valence-corrected chi connectivity index (χ1v) is 9.46. The molecule has 9 heteroatoms. The molecular weight excluding hydrogens is 373 g/mol. The van der Waals surface area contributed by atoms with Crippen molar-refractivity contribution in [2.24, 2.45) is 5.92 Å². The molecule has 148 valence electrons. The summed E-state index contributed by atoms with van der Waals surface area (Å²) in [5.74, 6) is -1.51. The maximum atomic E-state index is 13.2. The highest BCUT2D eigenvalue weighted by molar-refractivity contribution is 6.43. The van der Waals surface area contributed by atoms with Crippen LogP contribution in [0.3, 0.4) is 0 Å². The molecule has 0 aromatic heterocycles. The van der Waals surface area contributed by atoms with Gasteiger partial charge in [-0.25, -0.2) is 4.39 Å². The Morgan fingerprint density at radius 3 is 2.59 bits per heavy atom. The first-order chi connectivity index (χ1) is 12.7. The molecule has 0 aliphatic carbocycles. The van der Waals surface area contributed by atoms with Crippen molar-refractivity contribution in [1.82, 2.24) is 5.32 Å². The number of anilines is 1. The molecule has 3 N–H and O–H groups in total. The van der Waals surface area contributed by atoms with Gasteiger partial charge in [-0.05, 0) is 37.0 Å². The molecule has 0 bridgehead atoms. The van der Waals surface area contributed by atoms with Crippen molar-refractivity contribution >= 4 is 36.1 Å². The van der Waals surface area contributed by atoms with Crippen molar-refractivity contribution in [3.63, 3.8) is 0 Å². The molecule has 1 fully saturated rings. The minimum absolute atomic E-state index is 0.0262. The molecule has 1 aromatic carbocycles. The molecule has 1 aromatic rings. The molecular formula is C18H25BClFN2O4. The minimum atomic E-state index is -1.64. The van der Waals surface area contributed by atoms with Crippen LogP contribution in [-0.4, -0.2) is 47.4 Å². The van der Waals surface area contributed by atoms with Crippen molar-refractivity contribution in [3.05, 3.63) is 29.0 Å². The lowest BCUT2D eigenvalue weighted by Crippen LogP contribution is -2.53. The average molecular weight is 399 g/mol. The zero-order valence-electron chi connectivity index (χ0n) is 15.5. The Morgan fingerprint density at radius 2 is 2.07 bits per heavy atom. The number of amides is 1. The van der Waals surface area contributed by atoms with Crippen LogP contribution in [0.4, 0.5) is 10.1 Å². The van der Waals surface area contributed by atoms with Gasteiger partial charge >= 0.3 is 7.12 Å². The predicted molar refractivity (Wildman–Crippen MR) is 103 cm³/mol. The molecule has 1 aliphatic rings. The highest BCUT2D eigenvalue weighted by Crippen LogP contribution is 2.34. The van der Waals surface area contributed by atoms with Gasteiger partial charge in [-0.1, -0.05) is 25.4 Å². The number of carbonyl (C=O) groups excluding carboxylic acids is 2. The SMILES string of the molecule is CC(C)C[C@@H](NC(=O)CCC(=O)[C@@H]1CCN1c1ccc(F)cc1Cl)B(O)O. The first kappa shape index (κ1) is 21.7. The zero-order valence-corrected chi connectivity index (χ0v) is 16.2. The maximum Gasteiger partial charge on any atom is 0.475 e. The van der Waals surface area contributed by atoms with Gasteiger partial charge in [0, 0.05) is 19.4 Å². The number of Topliss-reactive ketones (excluding diaryl/α,β-unsaturated/α-hetero) is 1. The highest BCUT2D eigenvalue weighted by atomic mass is 35.5. The lowest BCUT2D eigenvalue weighted by atomic mass is 9.75. The number of nitrogens with one attached hydrogen (secondary N) is 1. The van der Waals surface area contributed by atoms with E-state index in [0.29, 0.717) is 25.1 Å². The fraction of sp³-hybridized carbons (Fsp3) is 0.556. The predicted octanol–water partition coefficient (Wildman–Crippen LogP) is 1.95. The van der Waals surface area contributed by atoms with E-state index < -0.39 is 24.8 Å². The second kappa shape index (κ2) is 9.53. The topological polar surface area (TPSA) is 89.9 Å². The Kier molecular flexibility index (Phi) is 7.64. The lowest BCUT2D eigenvalue weighted by molar-refractivity contribution is -0.126. The summed E-state index contributed by atoms with van der Waals surface area (Å²) >= 11 is 6.06. The van der Waals surface area contributed by atoms with Crippen LogP contribution in [0.5, 0.6) is 0 Å². The summed E-state index contributed by atoms with van der Waals surface area (Å²) in [4.78, 5) is 26.3. The molecule has 0 radical (unpaired) electrons. The van der Waals surface area contributed by atoms with E-state index >= 15 is 0 Å². The Morgan fingerprint density at radius 1 is 1.37 bits per heavy atom. The minimum Gasteiger partial charge on any atom is -0.426 e. The average Bonchev–Trinajstić information content (AvgIpc) is 2.53. The Bertz CT molecular complexity index is 689. The summed E-state index contributed by atoms with van der Waals surface area (Å²) in [5, 5.41) is 21.5. The van der Waals surface area contributed by atoms with Gasteiger partial charge in [-0.15, -0.1) is 0 Å². The number of hydrogen-bond donors (Lipinski definition) is 3. The normalized spacial score (nSPS) is 17.4. The van der Waals surface area contributed by atoms with Gasteiger partial charge in [-0.3, -0.25) is 9.59 Å². The standard InChI is InChI=1S/C18H25BClFN2O4/c1-11(2)9-17(19(26)27)22-18(25)6-5-16(24)15-7-8-23(15)14-4-3-12(21)10-13(14)20/h3-4,10-11,15,17,26-27H,5-9H2,1-2H3,(H,22,25)/t15-,17+/m0/s1. The van der Waals surface area contributed by atoms with Crippen LogP contribution in [0.15, 0.2) is 18.2 Å². The number of halogens is 2. The maximum absolute atomic E-state index is 13.2. The molecule has 2 atom stereocenters. The van der Waals surface area contributed by atoms with E-state index in [2.05, 4.69) is 5.32 Å². The summed E-state index contributed by atoms with van der Waals surface area (Å²) in [6, 6.07) is 3.67. The molecule has 0 saturated carbocycles. The van der Waals surface area contributed by atoms with Gasteiger partial charge in [0.25, 0.3) is 0 Å². The van der Waals surface area contributed by atoms with E-state index in [1.807, 2.05) is 13.8 Å². The Labute approximate surface area is 163 Å². The molecule has 1 heterocycles. The van der Waals surface area contributed by atoms with E-state index in [0.717, 1.165) is 0 Å². The summed E-state index contributed by atoms with van der Waals surface area (Å²) in [6.07, 6.45) is 1.10. The molecule has 1 amide bonds. The third kappa shape index (κ3) is 5.92. The van der Waals surface area contributed by atoms with E-state index in [9.17, 15) is 24.0 Å². The van der Waals surface area contributed by atoms with Crippen molar-refractivity contribution in [2.45, 2.75) is 51.5 Å². The van der Waals surface area contributed by atoms with Crippen LogP contribution >= 0.6 is 11.6 Å². The number of carbonyl (C=O) groups is 2. The monoisotopic (exact) mass is 398 g/mol. The van der Waals surface area contributed by atoms with Crippen LogP contribution in [0, 0.1) is 11.7 Å². The van der Waals surface area contributed by atoms with Gasteiger partial charge < -0.3 is 20.3 Å². The van der Waals surface area contributed by atoms with E-state index in [4.69, 9.17) is 11.6 Å². The number of benzene rings is 1. The summed E-state index contributed by atoms with van der Waals surface area (Å²) in [7, 11) is -1.64. The van der Waals surface area contributed by atoms with Crippen molar-refractivity contribution in [1.29, 1.82) is 0 Å². The van der Waals surface area contributed by atoms with Crippen LogP contribution in [0.2, 0.25) is 5.02 Å². The second-order valence-electron chi connectivity index (χ2n) is 7.28. The summed E-state index contributed by atoms with van der Waals surface area (Å²) in [5.41, 5.74) is 0.604. The fourth-order valence-corrected chi connectivity index (χ4v) is 3.45. The van der Waals surface area contributed by atoms with Crippen molar-refractivity contribution in [2.75, 3.05) is 11.4 Å². The molecule has 1 aliphatic heterocycles. The third-order valence-corrected chi connectivity index (χ3v) is 4.94. The van der Waals surface area contributed by atoms with Gasteiger partial charge in [0.05, 0.1) is 22.7 Å². The Hall–Kier alpha value is -1.64. The molecule has 6 nitrogen and oxygen atoms in total. The smallest absolute Gasteiger partial charge is 0.426 e. The Balaban J connectivity index is 1.87. The zero-order chi connectivity index (χ0) is 20.1. The van der Waals surface area contributed by atoms with Gasteiger partial charge in [0.2, 0.25) is 5.91 Å². The van der Waals surface area contributed by atoms with E-state index in [-0.39, 0.29) is 35.6 Å². The quantitative estimate of drug-likeness (QED) is 0.553. The van der Waals surface area contributed by atoms with Crippen LogP contribution in [0.25, 0.3) is 0 Å². The van der Waals surface area contributed by atoms with Crippen LogP contribution in [0.1, 0.15) is 39.5 Å². The van der Waals surface area contributed by atoms with Crippen molar-refractivity contribution < 1.29 is 24.0 Å². The van der Waals surface area contributed by atoms with Crippen LogP contribution < -0.4 is 10.2 Å². The van der Waals surface area contributed by atoms with E-state index in [1.165, 1.54) is 12.1 Å². The van der Waals surface area contributed by atoms with Crippen LogP contribution in [-0.2, 0) is 9.59 Å². The molecule has 1 saturated heterocycles. The largest absolute Gasteiger partial charge is 0.475 e. The van der Waals surface area contributed by atoms with Gasteiger partial charge in [0.1, 0.15) is 5.82 Å². The molecule has 0 spiro atoms. The highest BCUT2D eigenvalue weighted by Gasteiger charge is 2.35. The lowest BCUT2D eigenvalue weighted by Gasteiger charge is -2.42. The molecule has 2 rings (SSSR count). The first-order valence-electron chi connectivity index (χ1n) is 9.09. The van der Waals surface area contributed by atoms with Crippen molar-refractivity contribution in [3.8, 4) is 0 Å². The fourth-order valence-electron chi connectivity index (χ4n) is 3.17. The number of ketones is 1. The number of hydrogen-bond acceptors (Lipinski definition) is 5. The molecule has 27 heavy (non-hydrogen) atoms. The number of rotatable bonds is 9. The van der Waals surface area contributed by atoms with E-state index in [1.54, 1.807) is 11.0 Å². The van der Waals surface area contributed by atoms with Gasteiger partial charge in [-0.2, -0.15) is 0 Å².